The Bertz CT molecular complexity index is 1170. The molecule has 0 unspecified atom stereocenters. The highest BCUT2D eigenvalue weighted by Crippen LogP contribution is 2.24. The molecule has 0 aliphatic heterocycles. The summed E-state index contributed by atoms with van der Waals surface area (Å²) >= 11 is 6.13. The zero-order valence-electron chi connectivity index (χ0n) is 16.6. The van der Waals surface area contributed by atoms with Crippen molar-refractivity contribution in [1.29, 1.82) is 0 Å². The lowest BCUT2D eigenvalue weighted by molar-refractivity contribution is -0.148. The number of nitrogens with zero attached hydrogens (tertiary/aromatic N) is 1. The Morgan fingerprint density at radius 3 is 2.38 bits per heavy atom. The van der Waals surface area contributed by atoms with Crippen LogP contribution in [0.1, 0.15) is 26.4 Å². The zero-order chi connectivity index (χ0) is 23.3. The smallest absolute Gasteiger partial charge is 0.336 e. The van der Waals surface area contributed by atoms with E-state index in [1.54, 1.807) is 48.5 Å². The predicted molar refractivity (Wildman–Crippen MR) is 117 cm³/mol. The molecular weight excluding hydrogens is 436 g/mol. The SMILES string of the molecule is O=C(N[C@H](Cc1ccccc1Cl)[C@@H](O)C(=O)O)c1cc(-c2ccccc2C(=O)O)ccn1. The van der Waals surface area contributed by atoms with E-state index in [0.29, 0.717) is 21.7 Å². The molecular formula is C23H19ClN2O6. The molecule has 2 aromatic carbocycles. The minimum atomic E-state index is -1.88. The third-order valence-electron chi connectivity index (χ3n) is 4.81. The molecule has 2 atom stereocenters. The third-order valence-corrected chi connectivity index (χ3v) is 5.18. The molecule has 3 aromatic rings. The van der Waals surface area contributed by atoms with E-state index in [4.69, 9.17) is 11.6 Å². The summed E-state index contributed by atoms with van der Waals surface area (Å²) in [5, 5.41) is 31.7. The number of carbonyl (C=O) groups excluding carboxylic acids is 1. The van der Waals surface area contributed by atoms with Gasteiger partial charge in [-0.15, -0.1) is 0 Å². The van der Waals surface area contributed by atoms with E-state index in [0.717, 1.165) is 0 Å². The lowest BCUT2D eigenvalue weighted by Crippen LogP contribution is -2.48. The number of hydrogen-bond acceptors (Lipinski definition) is 5. The average Bonchev–Trinajstić information content (AvgIpc) is 2.79. The lowest BCUT2D eigenvalue weighted by Gasteiger charge is -2.22. The van der Waals surface area contributed by atoms with E-state index in [9.17, 15) is 29.7 Å². The quantitative estimate of drug-likeness (QED) is 0.410. The van der Waals surface area contributed by atoms with Crippen molar-refractivity contribution < 1.29 is 29.7 Å². The molecule has 3 rings (SSSR count). The Hall–Kier alpha value is -3.75. The first-order chi connectivity index (χ1) is 15.3. The molecule has 0 spiro atoms. The van der Waals surface area contributed by atoms with E-state index in [1.807, 2.05) is 0 Å². The van der Waals surface area contributed by atoms with Crippen molar-refractivity contribution in [3.05, 3.63) is 88.7 Å². The van der Waals surface area contributed by atoms with E-state index in [2.05, 4.69) is 10.3 Å². The van der Waals surface area contributed by atoms with Crippen LogP contribution in [0.15, 0.2) is 66.9 Å². The highest BCUT2D eigenvalue weighted by atomic mass is 35.5. The Labute approximate surface area is 188 Å². The van der Waals surface area contributed by atoms with Gasteiger partial charge in [0.15, 0.2) is 6.10 Å². The van der Waals surface area contributed by atoms with Crippen LogP contribution in [0, 0.1) is 0 Å². The van der Waals surface area contributed by atoms with Crippen molar-refractivity contribution in [3.63, 3.8) is 0 Å². The first-order valence-corrected chi connectivity index (χ1v) is 9.89. The van der Waals surface area contributed by atoms with Gasteiger partial charge in [-0.3, -0.25) is 9.78 Å². The molecule has 164 valence electrons. The standard InChI is InChI=1S/C23H19ClN2O6/c24-17-8-4-1-5-14(17)12-18(20(27)23(31)32)26-21(28)19-11-13(9-10-25-19)15-6-2-3-7-16(15)22(29)30/h1-11,18,20,27H,12H2,(H,26,28)(H,29,30)(H,31,32)/t18-,20-/m1/s1. The van der Waals surface area contributed by atoms with Gasteiger partial charge in [0, 0.05) is 11.2 Å². The number of carboxylic acid groups (broad SMARTS) is 2. The van der Waals surface area contributed by atoms with Crippen LogP contribution in [0.3, 0.4) is 0 Å². The summed E-state index contributed by atoms with van der Waals surface area (Å²) in [5.74, 6) is -3.34. The number of aliphatic carboxylic acids is 1. The number of pyridine rings is 1. The predicted octanol–water partition coefficient (Wildman–Crippen LogP) is 2.89. The summed E-state index contributed by atoms with van der Waals surface area (Å²) in [5.41, 5.74) is 1.39. The van der Waals surface area contributed by atoms with Crippen molar-refractivity contribution in [3.8, 4) is 11.1 Å². The highest BCUT2D eigenvalue weighted by Gasteiger charge is 2.29. The van der Waals surface area contributed by atoms with E-state index in [1.165, 1.54) is 18.3 Å². The molecule has 0 saturated heterocycles. The van der Waals surface area contributed by atoms with Gasteiger partial charge in [-0.05, 0) is 47.4 Å². The van der Waals surface area contributed by atoms with Crippen LogP contribution in [-0.2, 0) is 11.2 Å². The van der Waals surface area contributed by atoms with Gasteiger partial charge in [-0.1, -0.05) is 48.0 Å². The van der Waals surface area contributed by atoms with Crippen LogP contribution in [0.2, 0.25) is 5.02 Å². The van der Waals surface area contributed by atoms with Gasteiger partial charge in [0.1, 0.15) is 5.69 Å². The van der Waals surface area contributed by atoms with Gasteiger partial charge in [-0.25, -0.2) is 9.59 Å². The number of rotatable bonds is 8. The van der Waals surface area contributed by atoms with Gasteiger partial charge < -0.3 is 20.6 Å². The van der Waals surface area contributed by atoms with Crippen molar-refractivity contribution in [2.75, 3.05) is 0 Å². The molecule has 1 aromatic heterocycles. The van der Waals surface area contributed by atoms with Crippen LogP contribution in [0.4, 0.5) is 0 Å². The topological polar surface area (TPSA) is 137 Å². The molecule has 8 nitrogen and oxygen atoms in total. The van der Waals surface area contributed by atoms with Gasteiger partial charge in [0.2, 0.25) is 0 Å². The van der Waals surface area contributed by atoms with Gasteiger partial charge >= 0.3 is 11.9 Å². The number of benzene rings is 2. The minimum absolute atomic E-state index is 0.0274. The Kier molecular flexibility index (Phi) is 7.19. The maximum Gasteiger partial charge on any atom is 0.336 e. The fourth-order valence-corrected chi connectivity index (χ4v) is 3.41. The monoisotopic (exact) mass is 454 g/mol. The molecule has 0 saturated carbocycles. The number of halogens is 1. The maximum atomic E-state index is 12.8. The third kappa shape index (κ3) is 5.29. The van der Waals surface area contributed by atoms with Crippen LogP contribution >= 0.6 is 11.6 Å². The van der Waals surface area contributed by atoms with Crippen LogP contribution < -0.4 is 5.32 Å². The molecule has 0 aliphatic carbocycles. The first-order valence-electron chi connectivity index (χ1n) is 9.52. The average molecular weight is 455 g/mol. The molecule has 0 radical (unpaired) electrons. The molecule has 32 heavy (non-hydrogen) atoms. The van der Waals surface area contributed by atoms with E-state index < -0.39 is 30.0 Å². The number of aliphatic hydroxyl groups is 1. The number of hydrogen-bond donors (Lipinski definition) is 4. The summed E-state index contributed by atoms with van der Waals surface area (Å²) in [6.45, 7) is 0. The van der Waals surface area contributed by atoms with Gasteiger partial charge in [-0.2, -0.15) is 0 Å². The molecule has 9 heteroatoms. The van der Waals surface area contributed by atoms with Crippen molar-refractivity contribution in [2.45, 2.75) is 18.6 Å². The Balaban J connectivity index is 1.89. The number of aromatic carboxylic acids is 1. The number of aromatic nitrogens is 1. The van der Waals surface area contributed by atoms with Crippen LogP contribution in [0.5, 0.6) is 0 Å². The van der Waals surface area contributed by atoms with Crippen LogP contribution in [0.25, 0.3) is 11.1 Å². The summed E-state index contributed by atoms with van der Waals surface area (Å²) in [6, 6.07) is 14.8. The van der Waals surface area contributed by atoms with Crippen molar-refractivity contribution >= 4 is 29.4 Å². The van der Waals surface area contributed by atoms with Crippen LogP contribution in [-0.4, -0.2) is 50.3 Å². The fraction of sp³-hybridized carbons (Fsp3) is 0.130. The number of nitrogens with one attached hydrogen (secondary N) is 1. The highest BCUT2D eigenvalue weighted by molar-refractivity contribution is 6.31. The molecule has 0 aliphatic rings. The van der Waals surface area contributed by atoms with Crippen molar-refractivity contribution in [1.82, 2.24) is 10.3 Å². The normalized spacial score (nSPS) is 12.6. The zero-order valence-corrected chi connectivity index (χ0v) is 17.4. The summed E-state index contributed by atoms with van der Waals surface area (Å²) in [4.78, 5) is 39.7. The van der Waals surface area contributed by atoms with E-state index >= 15 is 0 Å². The maximum absolute atomic E-state index is 12.8. The molecule has 0 fully saturated rings. The Morgan fingerprint density at radius 1 is 1.00 bits per heavy atom. The first kappa shape index (κ1) is 22.9. The fourth-order valence-electron chi connectivity index (χ4n) is 3.20. The number of amides is 1. The molecule has 4 N–H and O–H groups in total. The summed E-state index contributed by atoms with van der Waals surface area (Å²) in [7, 11) is 0. The number of carbonyl (C=O) groups is 3. The second kappa shape index (κ2) is 10.0. The Morgan fingerprint density at radius 2 is 1.69 bits per heavy atom. The largest absolute Gasteiger partial charge is 0.479 e. The van der Waals surface area contributed by atoms with E-state index in [-0.39, 0.29) is 17.7 Å². The minimum Gasteiger partial charge on any atom is -0.479 e. The molecule has 0 bridgehead atoms. The second-order valence-corrected chi connectivity index (χ2v) is 7.35. The second-order valence-electron chi connectivity index (χ2n) is 6.94. The summed E-state index contributed by atoms with van der Waals surface area (Å²) < 4.78 is 0. The lowest BCUT2D eigenvalue weighted by atomic mass is 9.99. The number of carboxylic acids is 2. The molecule has 1 amide bonds. The molecule has 1 heterocycles. The van der Waals surface area contributed by atoms with Gasteiger partial charge in [0.05, 0.1) is 11.6 Å². The number of aliphatic hydroxyl groups excluding tert-OH is 1. The summed E-state index contributed by atoms with van der Waals surface area (Å²) in [6.07, 6.45) is -0.564. The van der Waals surface area contributed by atoms with Gasteiger partial charge in [0.25, 0.3) is 5.91 Å². The van der Waals surface area contributed by atoms with Crippen molar-refractivity contribution in [2.24, 2.45) is 0 Å².